The molecule has 156 valence electrons. The first kappa shape index (κ1) is 20.7. The number of carbonyl (C=O) groups is 1. The van der Waals surface area contributed by atoms with Gasteiger partial charge in [0.1, 0.15) is 28.8 Å². The van der Waals surface area contributed by atoms with Crippen LogP contribution < -0.4 is 11.0 Å². The van der Waals surface area contributed by atoms with Crippen molar-refractivity contribution >= 4 is 35.1 Å². The van der Waals surface area contributed by atoms with Crippen molar-refractivity contribution in [3.63, 3.8) is 0 Å². The molecule has 0 spiro atoms. The average molecular weight is 456 g/mol. The smallest absolute Gasteiger partial charge is 0.273 e. The number of benzene rings is 2. The van der Waals surface area contributed by atoms with Crippen LogP contribution in [0.25, 0.3) is 11.3 Å². The van der Waals surface area contributed by atoms with Gasteiger partial charge in [-0.05, 0) is 29.8 Å². The van der Waals surface area contributed by atoms with E-state index < -0.39 is 22.9 Å². The summed E-state index contributed by atoms with van der Waals surface area (Å²) in [6, 6.07) is 14.2. The maximum Gasteiger partial charge on any atom is 0.273 e. The van der Waals surface area contributed by atoms with Gasteiger partial charge in [0.2, 0.25) is 5.95 Å². The molecule has 1 aromatic heterocycles. The maximum atomic E-state index is 12.8. The topological polar surface area (TPSA) is 111 Å². The molecule has 2 unspecified atom stereocenters. The number of phenols is 1. The van der Waals surface area contributed by atoms with E-state index in [4.69, 9.17) is 23.2 Å². The van der Waals surface area contributed by atoms with Gasteiger partial charge in [0.15, 0.2) is 0 Å². The zero-order valence-corrected chi connectivity index (χ0v) is 17.6. The SMILES string of the molecule is Cn1c(NN2C(=O)C(Cl)C2c2ccc(O)cc2)nc(-c2ccc(Cl)cc2)c(C#N)c1=O. The molecule has 1 saturated heterocycles. The monoisotopic (exact) mass is 455 g/mol. The number of aromatic hydroxyl groups is 1. The van der Waals surface area contributed by atoms with Crippen LogP contribution in [0.4, 0.5) is 5.95 Å². The first-order valence-corrected chi connectivity index (χ1v) is 9.93. The van der Waals surface area contributed by atoms with E-state index in [1.807, 2.05) is 6.07 Å². The number of anilines is 1. The number of β-lactam (4-membered cyclic amide) rings is 1. The van der Waals surface area contributed by atoms with Crippen molar-refractivity contribution in [3.8, 4) is 23.1 Å². The summed E-state index contributed by atoms with van der Waals surface area (Å²) in [5.41, 5.74) is 3.55. The lowest BCUT2D eigenvalue weighted by Crippen LogP contribution is -2.59. The van der Waals surface area contributed by atoms with E-state index >= 15 is 0 Å². The zero-order valence-electron chi connectivity index (χ0n) is 16.1. The lowest BCUT2D eigenvalue weighted by atomic mass is 9.95. The number of phenolic OH excluding ortho intramolecular Hbond substituents is 1. The average Bonchev–Trinajstić information content (AvgIpc) is 2.77. The molecule has 0 bridgehead atoms. The van der Waals surface area contributed by atoms with Crippen molar-refractivity contribution in [2.45, 2.75) is 11.4 Å². The molecular formula is C21H15Cl2N5O3. The van der Waals surface area contributed by atoms with E-state index in [2.05, 4.69) is 10.4 Å². The van der Waals surface area contributed by atoms with Crippen LogP contribution in [0, 0.1) is 11.3 Å². The molecule has 10 heteroatoms. The van der Waals surface area contributed by atoms with E-state index in [0.717, 1.165) is 4.57 Å². The summed E-state index contributed by atoms with van der Waals surface area (Å²) in [6.45, 7) is 0. The normalized spacial score (nSPS) is 17.7. The summed E-state index contributed by atoms with van der Waals surface area (Å²) in [5, 5.41) is 20.0. The van der Waals surface area contributed by atoms with E-state index in [1.54, 1.807) is 36.4 Å². The molecular weight excluding hydrogens is 441 g/mol. The van der Waals surface area contributed by atoms with Gasteiger partial charge in [-0.25, -0.2) is 9.99 Å². The summed E-state index contributed by atoms with van der Waals surface area (Å²) in [6.07, 6.45) is 0. The summed E-state index contributed by atoms with van der Waals surface area (Å²) >= 11 is 12.2. The Morgan fingerprint density at radius 2 is 1.77 bits per heavy atom. The number of nitrogens with one attached hydrogen (secondary N) is 1. The van der Waals surface area contributed by atoms with Crippen LogP contribution in [-0.2, 0) is 11.8 Å². The highest BCUT2D eigenvalue weighted by molar-refractivity contribution is 6.33. The first-order chi connectivity index (χ1) is 14.8. The van der Waals surface area contributed by atoms with Crippen LogP contribution in [0.15, 0.2) is 53.3 Å². The third-order valence-corrected chi connectivity index (χ3v) is 5.68. The lowest BCUT2D eigenvalue weighted by molar-refractivity contribution is -0.143. The van der Waals surface area contributed by atoms with Crippen LogP contribution in [-0.4, -0.2) is 31.0 Å². The Labute approximate surface area is 186 Å². The van der Waals surface area contributed by atoms with E-state index in [0.29, 0.717) is 16.1 Å². The van der Waals surface area contributed by atoms with Crippen LogP contribution in [0.5, 0.6) is 5.75 Å². The van der Waals surface area contributed by atoms with Crippen LogP contribution in [0.1, 0.15) is 17.2 Å². The Balaban J connectivity index is 1.75. The Morgan fingerprint density at radius 1 is 1.13 bits per heavy atom. The molecule has 0 radical (unpaired) electrons. The molecule has 2 atom stereocenters. The van der Waals surface area contributed by atoms with Gasteiger partial charge >= 0.3 is 0 Å². The number of nitrogens with zero attached hydrogens (tertiary/aromatic N) is 4. The van der Waals surface area contributed by atoms with Gasteiger partial charge < -0.3 is 5.11 Å². The van der Waals surface area contributed by atoms with Crippen molar-refractivity contribution in [2.24, 2.45) is 7.05 Å². The Bertz CT molecular complexity index is 1270. The lowest BCUT2D eigenvalue weighted by Gasteiger charge is -2.44. The number of nitriles is 1. The van der Waals surface area contributed by atoms with Gasteiger partial charge in [-0.3, -0.25) is 19.6 Å². The molecule has 1 aliphatic rings. The minimum Gasteiger partial charge on any atom is -0.508 e. The van der Waals surface area contributed by atoms with Gasteiger partial charge in [0.25, 0.3) is 11.5 Å². The van der Waals surface area contributed by atoms with Crippen molar-refractivity contribution in [1.82, 2.24) is 14.6 Å². The van der Waals surface area contributed by atoms with Gasteiger partial charge in [0.05, 0.1) is 5.69 Å². The summed E-state index contributed by atoms with van der Waals surface area (Å²) < 4.78 is 1.15. The van der Waals surface area contributed by atoms with Crippen molar-refractivity contribution in [3.05, 3.63) is 75.0 Å². The van der Waals surface area contributed by atoms with Gasteiger partial charge in [-0.2, -0.15) is 5.26 Å². The van der Waals surface area contributed by atoms with Crippen molar-refractivity contribution < 1.29 is 9.90 Å². The van der Waals surface area contributed by atoms with Crippen molar-refractivity contribution in [2.75, 3.05) is 5.43 Å². The molecule has 0 aliphatic carbocycles. The fourth-order valence-corrected chi connectivity index (χ4v) is 3.78. The number of aromatic nitrogens is 2. The van der Waals surface area contributed by atoms with Gasteiger partial charge in [-0.15, -0.1) is 11.6 Å². The molecule has 31 heavy (non-hydrogen) atoms. The van der Waals surface area contributed by atoms with Gasteiger partial charge in [0, 0.05) is 17.6 Å². The molecule has 1 amide bonds. The first-order valence-electron chi connectivity index (χ1n) is 9.11. The minimum atomic E-state index is -0.816. The van der Waals surface area contributed by atoms with Crippen molar-refractivity contribution in [1.29, 1.82) is 5.26 Å². The summed E-state index contributed by atoms with van der Waals surface area (Å²) in [4.78, 5) is 29.6. The Kier molecular flexibility index (Phi) is 5.31. The third kappa shape index (κ3) is 3.58. The minimum absolute atomic E-state index is 0.0645. The predicted octanol–water partition coefficient (Wildman–Crippen LogP) is 3.20. The molecule has 1 aliphatic heterocycles. The second-order valence-electron chi connectivity index (χ2n) is 6.90. The second-order valence-corrected chi connectivity index (χ2v) is 7.81. The molecule has 2 heterocycles. The molecule has 1 fully saturated rings. The molecule has 2 N–H and O–H groups in total. The highest BCUT2D eigenvalue weighted by atomic mass is 35.5. The van der Waals surface area contributed by atoms with Crippen LogP contribution in [0.2, 0.25) is 5.02 Å². The molecule has 3 aromatic rings. The number of hydrazine groups is 1. The van der Waals surface area contributed by atoms with E-state index in [9.17, 15) is 20.0 Å². The van der Waals surface area contributed by atoms with Crippen LogP contribution >= 0.6 is 23.2 Å². The maximum absolute atomic E-state index is 12.8. The Morgan fingerprint density at radius 3 is 2.39 bits per heavy atom. The number of amides is 1. The number of hydrogen-bond acceptors (Lipinski definition) is 6. The number of rotatable bonds is 4. The van der Waals surface area contributed by atoms with E-state index in [-0.39, 0.29) is 23.0 Å². The highest BCUT2D eigenvalue weighted by Gasteiger charge is 2.48. The molecule has 8 nitrogen and oxygen atoms in total. The Hall–Kier alpha value is -3.54. The zero-order chi connectivity index (χ0) is 22.3. The van der Waals surface area contributed by atoms with Crippen LogP contribution in [0.3, 0.4) is 0 Å². The number of halogens is 2. The highest BCUT2D eigenvalue weighted by Crippen LogP contribution is 2.39. The molecule has 4 rings (SSSR count). The summed E-state index contributed by atoms with van der Waals surface area (Å²) in [7, 11) is 1.45. The number of carbonyl (C=O) groups excluding carboxylic acids is 1. The molecule has 0 saturated carbocycles. The quantitative estimate of drug-likeness (QED) is 0.461. The fraction of sp³-hybridized carbons (Fsp3) is 0.143. The number of hydrogen-bond donors (Lipinski definition) is 2. The standard InChI is InChI=1S/C21H15Cl2N5O3/c1-27-19(30)15(10-24)17(11-2-6-13(22)7-3-11)25-21(27)26-28-18(16(23)20(28)31)12-4-8-14(29)9-5-12/h2-9,16,18,29H,1H3,(H,25,26). The van der Waals surface area contributed by atoms with E-state index in [1.165, 1.54) is 24.2 Å². The largest absolute Gasteiger partial charge is 0.508 e. The predicted molar refractivity (Wildman–Crippen MR) is 116 cm³/mol. The fourth-order valence-electron chi connectivity index (χ4n) is 3.30. The van der Waals surface area contributed by atoms with Gasteiger partial charge in [-0.1, -0.05) is 35.9 Å². The third-order valence-electron chi connectivity index (χ3n) is 5.00. The molecule has 2 aromatic carbocycles. The summed E-state index contributed by atoms with van der Waals surface area (Å²) in [5.74, 6) is -0.246. The second kappa shape index (κ2) is 7.95. The number of alkyl halides is 1.